The molecule has 0 bridgehead atoms. The van der Waals surface area contributed by atoms with Crippen LogP contribution in [0.5, 0.6) is 5.88 Å². The lowest BCUT2D eigenvalue weighted by Crippen LogP contribution is -2.23. The van der Waals surface area contributed by atoms with Crippen molar-refractivity contribution in [1.29, 1.82) is 0 Å². The van der Waals surface area contributed by atoms with Gasteiger partial charge in [0.1, 0.15) is 6.10 Å². The third-order valence-corrected chi connectivity index (χ3v) is 2.51. The van der Waals surface area contributed by atoms with E-state index in [1.807, 2.05) is 6.92 Å². The first-order valence-electron chi connectivity index (χ1n) is 5.78. The second-order valence-electron chi connectivity index (χ2n) is 3.85. The molecule has 1 aromatic rings. The van der Waals surface area contributed by atoms with Gasteiger partial charge >= 0.3 is 0 Å². The predicted molar refractivity (Wildman–Crippen MR) is 62.1 cm³/mol. The van der Waals surface area contributed by atoms with Crippen molar-refractivity contribution in [3.63, 3.8) is 0 Å². The summed E-state index contributed by atoms with van der Waals surface area (Å²) in [5.41, 5.74) is 0.543. The second kappa shape index (κ2) is 5.63. The summed E-state index contributed by atoms with van der Waals surface area (Å²) in [6.07, 6.45) is 2.49. The van der Waals surface area contributed by atoms with Crippen LogP contribution in [0.3, 0.4) is 0 Å². The monoisotopic (exact) mass is 236 g/mol. The minimum atomic E-state index is -0.115. The van der Waals surface area contributed by atoms with E-state index >= 15 is 0 Å². The first-order valence-corrected chi connectivity index (χ1v) is 5.78. The molecule has 17 heavy (non-hydrogen) atoms. The third kappa shape index (κ3) is 3.17. The average molecular weight is 236 g/mol. The number of carbonyl (C=O) groups excluding carboxylic acids is 1. The van der Waals surface area contributed by atoms with E-state index in [9.17, 15) is 4.79 Å². The van der Waals surface area contributed by atoms with Gasteiger partial charge < -0.3 is 14.8 Å². The van der Waals surface area contributed by atoms with Crippen LogP contribution in [-0.4, -0.2) is 36.8 Å². The molecule has 1 N–H and O–H groups in total. The van der Waals surface area contributed by atoms with Gasteiger partial charge in [-0.25, -0.2) is 4.98 Å². The Kier molecular flexibility index (Phi) is 3.93. The fraction of sp³-hybridized carbons (Fsp3) is 0.500. The van der Waals surface area contributed by atoms with Crippen molar-refractivity contribution >= 4 is 5.91 Å². The van der Waals surface area contributed by atoms with Gasteiger partial charge in [-0.15, -0.1) is 0 Å². The highest BCUT2D eigenvalue weighted by Crippen LogP contribution is 2.14. The Labute approximate surface area is 100 Å². The zero-order valence-electron chi connectivity index (χ0n) is 9.81. The summed E-state index contributed by atoms with van der Waals surface area (Å²) >= 11 is 0. The van der Waals surface area contributed by atoms with Crippen LogP contribution in [0.2, 0.25) is 0 Å². The lowest BCUT2D eigenvalue weighted by molar-refractivity contribution is 0.0955. The number of rotatable bonds is 4. The van der Waals surface area contributed by atoms with Crippen LogP contribution in [0, 0.1) is 0 Å². The molecule has 1 aromatic heterocycles. The first-order chi connectivity index (χ1) is 8.29. The molecule has 1 aliphatic rings. The Morgan fingerprint density at radius 2 is 2.53 bits per heavy atom. The molecule has 0 spiro atoms. The molecule has 2 heterocycles. The van der Waals surface area contributed by atoms with Gasteiger partial charge in [0.15, 0.2) is 0 Å². The maximum Gasteiger partial charge on any atom is 0.252 e. The van der Waals surface area contributed by atoms with E-state index in [4.69, 9.17) is 9.47 Å². The quantitative estimate of drug-likeness (QED) is 0.847. The summed E-state index contributed by atoms with van der Waals surface area (Å²) in [4.78, 5) is 15.6. The van der Waals surface area contributed by atoms with Crippen LogP contribution in [0.25, 0.3) is 0 Å². The molecule has 5 nitrogen and oxygen atoms in total. The molecule has 0 aliphatic carbocycles. The molecule has 5 heteroatoms. The number of carbonyl (C=O) groups is 1. The van der Waals surface area contributed by atoms with Gasteiger partial charge in [-0.3, -0.25) is 4.79 Å². The van der Waals surface area contributed by atoms with Crippen LogP contribution in [0.1, 0.15) is 23.7 Å². The zero-order valence-corrected chi connectivity index (χ0v) is 9.81. The molecule has 1 atom stereocenters. The van der Waals surface area contributed by atoms with Crippen molar-refractivity contribution in [2.24, 2.45) is 0 Å². The third-order valence-electron chi connectivity index (χ3n) is 2.51. The van der Waals surface area contributed by atoms with E-state index in [0.717, 1.165) is 13.0 Å². The van der Waals surface area contributed by atoms with Crippen molar-refractivity contribution < 1.29 is 14.3 Å². The topological polar surface area (TPSA) is 60.5 Å². The lowest BCUT2D eigenvalue weighted by Gasteiger charge is -2.10. The van der Waals surface area contributed by atoms with Crippen molar-refractivity contribution in [2.75, 3.05) is 19.8 Å². The maximum atomic E-state index is 11.5. The fourth-order valence-corrected chi connectivity index (χ4v) is 1.62. The number of nitrogens with one attached hydrogen (secondary N) is 1. The summed E-state index contributed by atoms with van der Waals surface area (Å²) in [5.74, 6) is 0.421. The van der Waals surface area contributed by atoms with E-state index in [2.05, 4.69) is 10.3 Å². The van der Waals surface area contributed by atoms with Crippen LogP contribution < -0.4 is 10.1 Å². The molecule has 0 aromatic carbocycles. The molecule has 92 valence electrons. The van der Waals surface area contributed by atoms with Crippen molar-refractivity contribution in [3.05, 3.63) is 23.9 Å². The number of hydrogen-bond donors (Lipinski definition) is 1. The minimum absolute atomic E-state index is 0.0813. The molecule has 2 rings (SSSR count). The molecule has 1 aliphatic heterocycles. The Morgan fingerprint density at radius 1 is 1.65 bits per heavy atom. The number of pyridine rings is 1. The van der Waals surface area contributed by atoms with E-state index in [-0.39, 0.29) is 12.0 Å². The summed E-state index contributed by atoms with van der Waals surface area (Å²) in [6, 6.07) is 3.42. The molecular formula is C12H16N2O3. The smallest absolute Gasteiger partial charge is 0.252 e. The molecule has 0 saturated carbocycles. The van der Waals surface area contributed by atoms with Gasteiger partial charge in [0, 0.05) is 25.2 Å². The zero-order chi connectivity index (χ0) is 12.1. The number of amides is 1. The highest BCUT2D eigenvalue weighted by molar-refractivity contribution is 5.93. The van der Waals surface area contributed by atoms with E-state index in [0.29, 0.717) is 24.6 Å². The van der Waals surface area contributed by atoms with Crippen LogP contribution in [0.4, 0.5) is 0 Å². The molecular weight excluding hydrogens is 220 g/mol. The highest BCUT2D eigenvalue weighted by Gasteiger charge is 2.17. The van der Waals surface area contributed by atoms with E-state index in [1.165, 1.54) is 6.20 Å². The molecule has 1 fully saturated rings. The van der Waals surface area contributed by atoms with Crippen LogP contribution in [0.15, 0.2) is 18.3 Å². The summed E-state index contributed by atoms with van der Waals surface area (Å²) in [7, 11) is 0. The standard InChI is InChI=1S/C12H16N2O3/c1-2-13-12(15)9-3-4-11(14-7-9)17-10-5-6-16-8-10/h3-4,7,10H,2,5-6,8H2,1H3,(H,13,15). The van der Waals surface area contributed by atoms with Gasteiger partial charge in [-0.2, -0.15) is 0 Å². The first kappa shape index (κ1) is 11.9. The average Bonchev–Trinajstić information content (AvgIpc) is 2.83. The molecule has 0 radical (unpaired) electrons. The Hall–Kier alpha value is -1.62. The molecule has 1 saturated heterocycles. The predicted octanol–water partition coefficient (Wildman–Crippen LogP) is 0.999. The van der Waals surface area contributed by atoms with Crippen molar-refractivity contribution in [1.82, 2.24) is 10.3 Å². The normalized spacial score (nSPS) is 19.0. The number of hydrogen-bond acceptors (Lipinski definition) is 4. The molecule has 1 amide bonds. The largest absolute Gasteiger partial charge is 0.472 e. The summed E-state index contributed by atoms with van der Waals surface area (Å²) in [6.45, 7) is 3.83. The van der Waals surface area contributed by atoms with Gasteiger partial charge in [-0.05, 0) is 13.0 Å². The second-order valence-corrected chi connectivity index (χ2v) is 3.85. The lowest BCUT2D eigenvalue weighted by atomic mass is 10.2. The summed E-state index contributed by atoms with van der Waals surface area (Å²) < 4.78 is 10.8. The van der Waals surface area contributed by atoms with Gasteiger partial charge in [0.2, 0.25) is 5.88 Å². The molecule has 1 unspecified atom stereocenters. The van der Waals surface area contributed by atoms with Gasteiger partial charge in [0.05, 0.1) is 18.8 Å². The van der Waals surface area contributed by atoms with E-state index < -0.39 is 0 Å². The maximum absolute atomic E-state index is 11.5. The fourth-order valence-electron chi connectivity index (χ4n) is 1.62. The van der Waals surface area contributed by atoms with E-state index in [1.54, 1.807) is 12.1 Å². The number of nitrogens with zero attached hydrogens (tertiary/aromatic N) is 1. The van der Waals surface area contributed by atoms with Gasteiger partial charge in [0.25, 0.3) is 5.91 Å². The Morgan fingerprint density at radius 3 is 3.12 bits per heavy atom. The highest BCUT2D eigenvalue weighted by atomic mass is 16.5. The number of ether oxygens (including phenoxy) is 2. The Bertz CT molecular complexity index is 372. The van der Waals surface area contributed by atoms with Crippen LogP contribution >= 0.6 is 0 Å². The van der Waals surface area contributed by atoms with Crippen molar-refractivity contribution in [3.8, 4) is 5.88 Å². The van der Waals surface area contributed by atoms with Crippen molar-refractivity contribution in [2.45, 2.75) is 19.4 Å². The SMILES string of the molecule is CCNC(=O)c1ccc(OC2CCOC2)nc1. The number of aromatic nitrogens is 1. The minimum Gasteiger partial charge on any atom is -0.472 e. The van der Waals surface area contributed by atoms with Crippen LogP contribution in [-0.2, 0) is 4.74 Å². The summed E-state index contributed by atoms with van der Waals surface area (Å²) in [5, 5.41) is 2.71. The van der Waals surface area contributed by atoms with Gasteiger partial charge in [-0.1, -0.05) is 0 Å². The Balaban J connectivity index is 1.94.